The second kappa shape index (κ2) is 13.1. The van der Waals surface area contributed by atoms with E-state index in [0.717, 1.165) is 0 Å². The predicted molar refractivity (Wildman–Crippen MR) is 104 cm³/mol. The molecule has 4 amide bonds. The average molecular weight is 447 g/mol. The summed E-state index contributed by atoms with van der Waals surface area (Å²) in [5.74, 6) is -7.09. The van der Waals surface area contributed by atoms with E-state index in [1.807, 2.05) is 24.5 Å². The molecule has 0 radical (unpaired) electrons. The van der Waals surface area contributed by atoms with E-state index in [9.17, 15) is 28.8 Å². The van der Waals surface area contributed by atoms with E-state index >= 15 is 0 Å². The normalized spacial score (nSPS) is 14.6. The topological polar surface area (TPSA) is 251 Å². The largest absolute Gasteiger partial charge is 0.481 e. The third-order valence-electron chi connectivity index (χ3n) is 3.91. The number of hydrogen-bond donors (Lipinski definition) is 8. The van der Waals surface area contributed by atoms with Gasteiger partial charge >= 0.3 is 11.9 Å². The lowest BCUT2D eigenvalue weighted by molar-refractivity contribution is -0.144. The molecule has 0 bridgehead atoms. The van der Waals surface area contributed by atoms with Crippen molar-refractivity contribution in [2.75, 3.05) is 6.61 Å². The molecule has 4 unspecified atom stereocenters. The highest BCUT2D eigenvalue weighted by Gasteiger charge is 2.32. The van der Waals surface area contributed by atoms with Gasteiger partial charge in [-0.2, -0.15) is 0 Å². The zero-order chi connectivity index (χ0) is 24.3. The number of aliphatic carboxylic acids is 2. The molecule has 0 aromatic carbocycles. The number of rotatable bonds is 14. The van der Waals surface area contributed by atoms with Gasteiger partial charge in [0.2, 0.25) is 23.6 Å². The molecule has 4 atom stereocenters. The molecule has 0 aromatic heterocycles. The summed E-state index contributed by atoms with van der Waals surface area (Å²) < 4.78 is 0. The standard InChI is InChI=1S/C17H29N5O9/c1-7(2)3-8(18)14(27)20-9(4-12(19)24)15(28)21-10(5-13(25)26)16(29)22-11(6-23)17(30)31/h7-11,23H,3-6,18H2,1-2H3,(H2,19,24)(H,20,27)(H,21,28)(H,22,29)(H,25,26)(H,30,31). The fourth-order valence-corrected chi connectivity index (χ4v) is 2.42. The molecule has 0 spiro atoms. The van der Waals surface area contributed by atoms with Gasteiger partial charge in [0.25, 0.3) is 0 Å². The molecule has 0 rings (SSSR count). The van der Waals surface area contributed by atoms with E-state index in [0.29, 0.717) is 0 Å². The molecule has 0 fully saturated rings. The third kappa shape index (κ3) is 10.9. The second-order valence-electron chi connectivity index (χ2n) is 7.21. The Bertz CT molecular complexity index is 697. The Morgan fingerprint density at radius 2 is 1.26 bits per heavy atom. The summed E-state index contributed by atoms with van der Waals surface area (Å²) in [7, 11) is 0. The molecule has 0 saturated carbocycles. The number of carboxylic acids is 2. The van der Waals surface area contributed by atoms with Crippen molar-refractivity contribution in [3.63, 3.8) is 0 Å². The Morgan fingerprint density at radius 3 is 1.65 bits per heavy atom. The number of hydrogen-bond acceptors (Lipinski definition) is 8. The molecule has 0 aliphatic rings. The summed E-state index contributed by atoms with van der Waals surface area (Å²) in [5, 5.41) is 33.0. The van der Waals surface area contributed by atoms with Crippen LogP contribution in [0.3, 0.4) is 0 Å². The zero-order valence-corrected chi connectivity index (χ0v) is 17.2. The Kier molecular flexibility index (Phi) is 11.7. The number of aliphatic hydroxyl groups excluding tert-OH is 1. The SMILES string of the molecule is CC(C)CC(N)C(=O)NC(CC(N)=O)C(=O)NC(CC(=O)O)C(=O)NC(CO)C(=O)O. The molecule has 31 heavy (non-hydrogen) atoms. The Labute approximate surface area is 177 Å². The molecular formula is C17H29N5O9. The van der Waals surface area contributed by atoms with Crippen LogP contribution in [-0.2, 0) is 28.8 Å². The Balaban J connectivity index is 5.45. The number of aliphatic hydroxyl groups is 1. The number of amides is 4. The van der Waals surface area contributed by atoms with Gasteiger partial charge in [0.1, 0.15) is 18.1 Å². The first kappa shape index (κ1) is 27.7. The number of nitrogens with one attached hydrogen (secondary N) is 3. The fourth-order valence-electron chi connectivity index (χ4n) is 2.42. The molecule has 14 nitrogen and oxygen atoms in total. The first-order valence-corrected chi connectivity index (χ1v) is 9.28. The van der Waals surface area contributed by atoms with Gasteiger partial charge in [0.05, 0.1) is 25.5 Å². The zero-order valence-electron chi connectivity index (χ0n) is 17.2. The average Bonchev–Trinajstić information content (AvgIpc) is 2.62. The Morgan fingerprint density at radius 1 is 0.806 bits per heavy atom. The van der Waals surface area contributed by atoms with Gasteiger partial charge in [-0.1, -0.05) is 13.8 Å². The van der Waals surface area contributed by atoms with Gasteiger partial charge in [-0.05, 0) is 12.3 Å². The van der Waals surface area contributed by atoms with Gasteiger partial charge in [0.15, 0.2) is 0 Å². The lowest BCUT2D eigenvalue weighted by atomic mass is 10.0. The van der Waals surface area contributed by atoms with Crippen molar-refractivity contribution in [2.45, 2.75) is 57.3 Å². The number of carbonyl (C=O) groups excluding carboxylic acids is 4. The molecular weight excluding hydrogens is 418 g/mol. The molecule has 0 saturated heterocycles. The van der Waals surface area contributed by atoms with Crippen molar-refractivity contribution in [2.24, 2.45) is 17.4 Å². The maximum Gasteiger partial charge on any atom is 0.328 e. The molecule has 0 heterocycles. The predicted octanol–water partition coefficient (Wildman–Crippen LogP) is -3.76. The van der Waals surface area contributed by atoms with Crippen molar-refractivity contribution >= 4 is 35.6 Å². The van der Waals surface area contributed by atoms with Crippen LogP contribution in [0.5, 0.6) is 0 Å². The minimum atomic E-state index is -1.77. The lowest BCUT2D eigenvalue weighted by Crippen LogP contribution is -2.58. The first-order valence-electron chi connectivity index (χ1n) is 9.28. The lowest BCUT2D eigenvalue weighted by Gasteiger charge is -2.24. The van der Waals surface area contributed by atoms with Crippen molar-refractivity contribution < 1.29 is 44.1 Å². The van der Waals surface area contributed by atoms with Gasteiger partial charge < -0.3 is 42.7 Å². The van der Waals surface area contributed by atoms with E-state index in [2.05, 4.69) is 5.32 Å². The third-order valence-corrected chi connectivity index (χ3v) is 3.91. The highest BCUT2D eigenvalue weighted by molar-refractivity contribution is 5.97. The van der Waals surface area contributed by atoms with E-state index in [1.54, 1.807) is 0 Å². The van der Waals surface area contributed by atoms with Crippen LogP contribution in [0.25, 0.3) is 0 Å². The monoisotopic (exact) mass is 447 g/mol. The summed E-state index contributed by atoms with van der Waals surface area (Å²) in [5.41, 5.74) is 10.8. The van der Waals surface area contributed by atoms with Crippen molar-refractivity contribution in [3.8, 4) is 0 Å². The minimum absolute atomic E-state index is 0.0570. The summed E-state index contributed by atoms with van der Waals surface area (Å²) in [6, 6.07) is -6.06. The molecule has 176 valence electrons. The van der Waals surface area contributed by atoms with Gasteiger partial charge in [0, 0.05) is 0 Å². The maximum absolute atomic E-state index is 12.5. The van der Waals surface area contributed by atoms with Crippen LogP contribution >= 0.6 is 0 Å². The van der Waals surface area contributed by atoms with Crippen LogP contribution in [0, 0.1) is 5.92 Å². The second-order valence-corrected chi connectivity index (χ2v) is 7.21. The van der Waals surface area contributed by atoms with E-state index in [-0.39, 0.29) is 12.3 Å². The van der Waals surface area contributed by atoms with Crippen LogP contribution in [0.15, 0.2) is 0 Å². The molecule has 10 N–H and O–H groups in total. The summed E-state index contributed by atoms with van der Waals surface area (Å²) in [6.45, 7) is 2.64. The van der Waals surface area contributed by atoms with Crippen LogP contribution in [0.4, 0.5) is 0 Å². The van der Waals surface area contributed by atoms with Crippen LogP contribution in [-0.4, -0.2) is 81.7 Å². The number of carbonyl (C=O) groups is 6. The maximum atomic E-state index is 12.5. The first-order chi connectivity index (χ1) is 14.3. The van der Waals surface area contributed by atoms with Crippen LogP contribution in [0.1, 0.15) is 33.1 Å². The van der Waals surface area contributed by atoms with Gasteiger partial charge in [-0.15, -0.1) is 0 Å². The van der Waals surface area contributed by atoms with Crippen molar-refractivity contribution in [1.29, 1.82) is 0 Å². The number of primary amides is 1. The Hall–Kier alpha value is -3.26. The molecule has 14 heteroatoms. The molecule has 0 aromatic rings. The van der Waals surface area contributed by atoms with Crippen molar-refractivity contribution in [3.05, 3.63) is 0 Å². The molecule has 0 aliphatic heterocycles. The van der Waals surface area contributed by atoms with Gasteiger partial charge in [-0.3, -0.25) is 24.0 Å². The van der Waals surface area contributed by atoms with Crippen LogP contribution in [0.2, 0.25) is 0 Å². The molecule has 0 aliphatic carbocycles. The fraction of sp³-hybridized carbons (Fsp3) is 0.647. The van der Waals surface area contributed by atoms with E-state index in [1.165, 1.54) is 0 Å². The van der Waals surface area contributed by atoms with Crippen molar-refractivity contribution in [1.82, 2.24) is 16.0 Å². The number of nitrogens with two attached hydrogens (primary N) is 2. The smallest absolute Gasteiger partial charge is 0.328 e. The van der Waals surface area contributed by atoms with Crippen LogP contribution < -0.4 is 27.4 Å². The van der Waals surface area contributed by atoms with E-state index in [4.69, 9.17) is 26.8 Å². The highest BCUT2D eigenvalue weighted by Crippen LogP contribution is 2.04. The summed E-state index contributed by atoms with van der Waals surface area (Å²) in [6.07, 6.45) is -1.33. The van der Waals surface area contributed by atoms with Gasteiger partial charge in [-0.25, -0.2) is 4.79 Å². The minimum Gasteiger partial charge on any atom is -0.481 e. The number of carboxylic acid groups (broad SMARTS) is 2. The van der Waals surface area contributed by atoms with E-state index < -0.39 is 79.2 Å². The summed E-state index contributed by atoms with van der Waals surface area (Å²) >= 11 is 0. The quantitative estimate of drug-likeness (QED) is 0.129. The highest BCUT2D eigenvalue weighted by atomic mass is 16.4. The summed E-state index contributed by atoms with van der Waals surface area (Å²) in [4.78, 5) is 70.2.